The van der Waals surface area contributed by atoms with Crippen molar-refractivity contribution in [2.24, 2.45) is 0 Å². The fourth-order valence-electron chi connectivity index (χ4n) is 2.31. The summed E-state index contributed by atoms with van der Waals surface area (Å²) < 4.78 is 18.3. The molecule has 0 heterocycles. The number of benzene rings is 1. The van der Waals surface area contributed by atoms with Crippen molar-refractivity contribution in [1.82, 2.24) is 10.6 Å². The van der Waals surface area contributed by atoms with Crippen molar-refractivity contribution in [2.75, 3.05) is 13.7 Å². The largest absolute Gasteiger partial charge is 0.384 e. The van der Waals surface area contributed by atoms with Crippen LogP contribution in [0.2, 0.25) is 0 Å². The molecular formula is C17H27FN2O3. The standard InChI is InChI=1S/C17H27FN2O3/c1-12(10-16(2,3)23-5)20-15(21)19-11-17(4,22)13-6-8-14(18)9-7-13/h6-9,12,22H,10-11H2,1-5H3,(H2,19,20,21). The van der Waals surface area contributed by atoms with E-state index >= 15 is 0 Å². The van der Waals surface area contributed by atoms with Crippen LogP contribution in [0.4, 0.5) is 9.18 Å². The maximum atomic E-state index is 12.9. The van der Waals surface area contributed by atoms with Gasteiger partial charge in [-0.2, -0.15) is 0 Å². The molecule has 2 amide bonds. The number of amides is 2. The molecule has 1 aromatic carbocycles. The molecule has 0 bridgehead atoms. The highest BCUT2D eigenvalue weighted by molar-refractivity contribution is 5.74. The summed E-state index contributed by atoms with van der Waals surface area (Å²) in [7, 11) is 1.63. The Labute approximate surface area is 137 Å². The van der Waals surface area contributed by atoms with Crippen molar-refractivity contribution in [1.29, 1.82) is 0 Å². The smallest absolute Gasteiger partial charge is 0.315 e. The normalized spacial score (nSPS) is 15.6. The van der Waals surface area contributed by atoms with Crippen LogP contribution in [-0.4, -0.2) is 36.4 Å². The highest BCUT2D eigenvalue weighted by Gasteiger charge is 2.25. The van der Waals surface area contributed by atoms with Crippen LogP contribution in [0.1, 0.15) is 39.7 Å². The van der Waals surface area contributed by atoms with Gasteiger partial charge in [0.05, 0.1) is 12.1 Å². The quantitative estimate of drug-likeness (QED) is 0.721. The van der Waals surface area contributed by atoms with E-state index in [0.29, 0.717) is 12.0 Å². The van der Waals surface area contributed by atoms with Gasteiger partial charge >= 0.3 is 6.03 Å². The van der Waals surface area contributed by atoms with E-state index in [-0.39, 0.29) is 30.0 Å². The molecule has 0 aromatic heterocycles. The number of halogens is 1. The van der Waals surface area contributed by atoms with E-state index in [0.717, 1.165) is 0 Å². The first-order valence-corrected chi connectivity index (χ1v) is 7.64. The minimum atomic E-state index is -1.28. The van der Waals surface area contributed by atoms with E-state index in [1.54, 1.807) is 14.0 Å². The molecule has 1 aromatic rings. The van der Waals surface area contributed by atoms with Crippen LogP contribution >= 0.6 is 0 Å². The van der Waals surface area contributed by atoms with Crippen molar-refractivity contribution in [3.63, 3.8) is 0 Å². The van der Waals surface area contributed by atoms with Crippen molar-refractivity contribution >= 4 is 6.03 Å². The van der Waals surface area contributed by atoms with Crippen molar-refractivity contribution in [3.8, 4) is 0 Å². The summed E-state index contributed by atoms with van der Waals surface area (Å²) in [6.45, 7) is 7.37. The summed E-state index contributed by atoms with van der Waals surface area (Å²) in [4.78, 5) is 11.9. The first-order chi connectivity index (χ1) is 10.6. The first kappa shape index (κ1) is 19.4. The fraction of sp³-hybridized carbons (Fsp3) is 0.588. The predicted molar refractivity (Wildman–Crippen MR) is 87.7 cm³/mol. The molecule has 0 fully saturated rings. The monoisotopic (exact) mass is 326 g/mol. The zero-order chi connectivity index (χ0) is 17.7. The van der Waals surface area contributed by atoms with E-state index in [9.17, 15) is 14.3 Å². The number of methoxy groups -OCH3 is 1. The average molecular weight is 326 g/mol. The molecule has 2 atom stereocenters. The third kappa shape index (κ3) is 6.54. The number of hydrogen-bond acceptors (Lipinski definition) is 3. The van der Waals surface area contributed by atoms with Gasteiger partial charge in [-0.15, -0.1) is 0 Å². The van der Waals surface area contributed by atoms with Crippen LogP contribution in [-0.2, 0) is 10.3 Å². The van der Waals surface area contributed by atoms with Gasteiger partial charge in [0.25, 0.3) is 0 Å². The van der Waals surface area contributed by atoms with Gasteiger partial charge in [-0.3, -0.25) is 0 Å². The minimum absolute atomic E-state index is 0.0187. The van der Waals surface area contributed by atoms with Crippen LogP contribution in [0.25, 0.3) is 0 Å². The zero-order valence-corrected chi connectivity index (χ0v) is 14.4. The highest BCUT2D eigenvalue weighted by atomic mass is 19.1. The van der Waals surface area contributed by atoms with Gasteiger partial charge in [-0.1, -0.05) is 12.1 Å². The number of ether oxygens (including phenoxy) is 1. The molecule has 0 aliphatic rings. The molecule has 3 N–H and O–H groups in total. The van der Waals surface area contributed by atoms with E-state index in [1.807, 2.05) is 20.8 Å². The second-order valence-electron chi connectivity index (χ2n) is 6.68. The van der Waals surface area contributed by atoms with Gasteiger partial charge in [0.1, 0.15) is 11.4 Å². The summed E-state index contributed by atoms with van der Waals surface area (Å²) in [5.41, 5.74) is -1.07. The average Bonchev–Trinajstić information content (AvgIpc) is 2.45. The number of urea groups is 1. The summed E-state index contributed by atoms with van der Waals surface area (Å²) in [6.07, 6.45) is 0.658. The molecule has 2 unspecified atom stereocenters. The summed E-state index contributed by atoms with van der Waals surface area (Å²) in [5.74, 6) is -0.371. The number of rotatable bonds is 7. The first-order valence-electron chi connectivity index (χ1n) is 7.64. The summed E-state index contributed by atoms with van der Waals surface area (Å²) >= 11 is 0. The molecule has 1 rings (SSSR count). The third-order valence-electron chi connectivity index (χ3n) is 3.79. The Bertz CT molecular complexity index is 515. The van der Waals surface area contributed by atoms with E-state index in [1.165, 1.54) is 24.3 Å². The van der Waals surface area contributed by atoms with E-state index in [4.69, 9.17) is 4.74 Å². The molecular weight excluding hydrogens is 299 g/mol. The number of carbonyl (C=O) groups excluding carboxylic acids is 1. The lowest BCUT2D eigenvalue weighted by molar-refractivity contribution is 0.00932. The second-order valence-corrected chi connectivity index (χ2v) is 6.68. The molecule has 0 saturated carbocycles. The number of carbonyl (C=O) groups is 1. The molecule has 5 nitrogen and oxygen atoms in total. The molecule has 6 heteroatoms. The molecule has 130 valence electrons. The van der Waals surface area contributed by atoms with Crippen molar-refractivity contribution in [3.05, 3.63) is 35.6 Å². The molecule has 0 aliphatic carbocycles. The lowest BCUT2D eigenvalue weighted by Gasteiger charge is -2.28. The highest BCUT2D eigenvalue weighted by Crippen LogP contribution is 2.20. The van der Waals surface area contributed by atoms with Crippen molar-refractivity contribution < 1.29 is 19.0 Å². The fourth-order valence-corrected chi connectivity index (χ4v) is 2.31. The van der Waals surface area contributed by atoms with E-state index in [2.05, 4.69) is 10.6 Å². The van der Waals surface area contributed by atoms with Gasteiger partial charge in [0, 0.05) is 13.2 Å². The summed E-state index contributed by atoms with van der Waals surface area (Å²) in [6, 6.07) is 5.10. The lowest BCUT2D eigenvalue weighted by Crippen LogP contribution is -2.47. The van der Waals surface area contributed by atoms with Crippen molar-refractivity contribution in [2.45, 2.75) is 51.4 Å². The Morgan fingerprint density at radius 1 is 1.30 bits per heavy atom. The maximum absolute atomic E-state index is 12.9. The van der Waals surface area contributed by atoms with Crippen LogP contribution < -0.4 is 10.6 Å². The number of nitrogens with one attached hydrogen (secondary N) is 2. The zero-order valence-electron chi connectivity index (χ0n) is 14.4. The molecule has 0 aliphatic heterocycles. The Hall–Kier alpha value is -1.66. The SMILES string of the molecule is COC(C)(C)CC(C)NC(=O)NCC(C)(O)c1ccc(F)cc1. The Balaban J connectivity index is 2.50. The number of hydrogen-bond donors (Lipinski definition) is 3. The molecule has 0 spiro atoms. The van der Waals surface area contributed by atoms with Crippen LogP contribution in [0.5, 0.6) is 0 Å². The second kappa shape index (κ2) is 7.75. The summed E-state index contributed by atoms with van der Waals surface area (Å²) in [5, 5.41) is 15.8. The van der Waals surface area contributed by atoms with Gasteiger partial charge in [0.2, 0.25) is 0 Å². The minimum Gasteiger partial charge on any atom is -0.384 e. The maximum Gasteiger partial charge on any atom is 0.315 e. The van der Waals surface area contributed by atoms with Crippen LogP contribution in [0, 0.1) is 5.82 Å². The predicted octanol–water partition coefficient (Wildman–Crippen LogP) is 2.54. The van der Waals surface area contributed by atoms with Gasteiger partial charge in [0.15, 0.2) is 0 Å². The van der Waals surface area contributed by atoms with Gasteiger partial charge in [-0.05, 0) is 51.8 Å². The molecule has 0 saturated heterocycles. The van der Waals surface area contributed by atoms with Crippen LogP contribution in [0.15, 0.2) is 24.3 Å². The Morgan fingerprint density at radius 2 is 1.87 bits per heavy atom. The third-order valence-corrected chi connectivity index (χ3v) is 3.79. The van der Waals surface area contributed by atoms with Crippen LogP contribution in [0.3, 0.4) is 0 Å². The topological polar surface area (TPSA) is 70.6 Å². The number of aliphatic hydroxyl groups is 1. The Kier molecular flexibility index (Phi) is 6.53. The molecule has 23 heavy (non-hydrogen) atoms. The lowest BCUT2D eigenvalue weighted by atomic mass is 9.96. The Morgan fingerprint density at radius 3 is 2.39 bits per heavy atom. The van der Waals surface area contributed by atoms with E-state index < -0.39 is 5.60 Å². The molecule has 0 radical (unpaired) electrons. The van der Waals surface area contributed by atoms with Gasteiger partial charge < -0.3 is 20.5 Å². The van der Waals surface area contributed by atoms with Gasteiger partial charge in [-0.25, -0.2) is 9.18 Å².